The number of aromatic hydroxyl groups is 1. The summed E-state index contributed by atoms with van der Waals surface area (Å²) in [5, 5.41) is 9.94. The average Bonchev–Trinajstić information content (AvgIpc) is 2.54. The lowest BCUT2D eigenvalue weighted by molar-refractivity contribution is 0.0842. The fourth-order valence-corrected chi connectivity index (χ4v) is 5.24. The topological polar surface area (TPSA) is 49.8 Å². The molecule has 126 valence electrons. The number of hydrogen-bond acceptors (Lipinski definition) is 3. The number of nitrogens with zero attached hydrogens (tertiary/aromatic N) is 1. The lowest BCUT2D eigenvalue weighted by Gasteiger charge is -2.51. The fraction of sp³-hybridized carbons (Fsp3) is 0.611. The molecule has 0 radical (unpaired) electrons. The highest BCUT2D eigenvalue weighted by atomic mass is 127. The molecule has 1 N–H and O–H groups in total. The zero-order valence-corrected chi connectivity index (χ0v) is 15.9. The van der Waals surface area contributed by atoms with Crippen LogP contribution in [0.3, 0.4) is 0 Å². The Kier molecular flexibility index (Phi) is 4.76. The summed E-state index contributed by atoms with van der Waals surface area (Å²) < 4.78 is 6.99. The normalized spacial score (nSPS) is 29.3. The molecule has 1 aromatic carbocycles. The summed E-state index contributed by atoms with van der Waals surface area (Å²) in [6.07, 6.45) is 5.23. The molecule has 0 heterocycles. The van der Waals surface area contributed by atoms with Gasteiger partial charge in [0.05, 0.1) is 35.5 Å². The van der Waals surface area contributed by atoms with Crippen molar-refractivity contribution in [2.45, 2.75) is 57.4 Å². The summed E-state index contributed by atoms with van der Waals surface area (Å²) >= 11 is 2.12. The third kappa shape index (κ3) is 2.92. The summed E-state index contributed by atoms with van der Waals surface area (Å²) in [6, 6.07) is 5.86. The van der Waals surface area contributed by atoms with Crippen molar-refractivity contribution in [2.24, 2.45) is 5.92 Å². The minimum Gasteiger partial charge on any atom is -0.508 e. The van der Waals surface area contributed by atoms with Crippen LogP contribution >= 0.6 is 22.9 Å². The molecule has 1 saturated carbocycles. The van der Waals surface area contributed by atoms with E-state index < -0.39 is 0 Å². The largest absolute Gasteiger partial charge is 0.508 e. The Labute approximate surface area is 151 Å². The maximum Gasteiger partial charge on any atom is 0.418 e. The van der Waals surface area contributed by atoms with Crippen LogP contribution in [-0.2, 0) is 16.6 Å². The number of ether oxygens (including phenoxy) is 1. The van der Waals surface area contributed by atoms with E-state index in [1.165, 1.54) is 24.0 Å². The summed E-state index contributed by atoms with van der Waals surface area (Å²) in [7, 11) is 0. The minimum atomic E-state index is -0.242. The van der Waals surface area contributed by atoms with Crippen molar-refractivity contribution >= 4 is 29.0 Å². The van der Waals surface area contributed by atoms with Gasteiger partial charge < -0.3 is 9.84 Å². The van der Waals surface area contributed by atoms with Crippen LogP contribution in [0.2, 0.25) is 0 Å². The molecule has 0 aliphatic heterocycles. The number of carbonyl (C=O) groups is 1. The van der Waals surface area contributed by atoms with Gasteiger partial charge in [-0.25, -0.2) is 7.91 Å². The van der Waals surface area contributed by atoms with Crippen molar-refractivity contribution in [1.29, 1.82) is 0 Å². The van der Waals surface area contributed by atoms with Gasteiger partial charge in [-0.3, -0.25) is 0 Å². The molecule has 2 aliphatic carbocycles. The van der Waals surface area contributed by atoms with E-state index >= 15 is 0 Å². The predicted octanol–water partition coefficient (Wildman–Crippen LogP) is 4.57. The van der Waals surface area contributed by atoms with Gasteiger partial charge in [0.15, 0.2) is 0 Å². The molecule has 5 heteroatoms. The average molecular weight is 429 g/mol. The molecule has 0 spiro atoms. The Morgan fingerprint density at radius 3 is 3.00 bits per heavy atom. The second kappa shape index (κ2) is 6.49. The lowest BCUT2D eigenvalue weighted by atomic mass is 9.56. The zero-order valence-electron chi connectivity index (χ0n) is 13.7. The minimum absolute atomic E-state index is 0.0190. The molecule has 3 atom stereocenters. The van der Waals surface area contributed by atoms with Crippen LogP contribution < -0.4 is 0 Å². The second-order valence-electron chi connectivity index (χ2n) is 6.89. The van der Waals surface area contributed by atoms with Crippen molar-refractivity contribution in [3.8, 4) is 5.75 Å². The number of amides is 1. The lowest BCUT2D eigenvalue weighted by Crippen LogP contribution is -2.53. The van der Waals surface area contributed by atoms with E-state index in [-0.39, 0.29) is 17.6 Å². The quantitative estimate of drug-likeness (QED) is 0.554. The van der Waals surface area contributed by atoms with Gasteiger partial charge in [-0.1, -0.05) is 25.8 Å². The molecule has 0 saturated heterocycles. The van der Waals surface area contributed by atoms with E-state index in [0.717, 1.165) is 19.3 Å². The molecule has 2 aliphatic rings. The molecule has 0 unspecified atom stereocenters. The van der Waals surface area contributed by atoms with Crippen LogP contribution in [0, 0.1) is 5.92 Å². The zero-order chi connectivity index (χ0) is 16.6. The Hall–Kier alpha value is -0.980. The van der Waals surface area contributed by atoms with Gasteiger partial charge in [0, 0.05) is 0 Å². The Balaban J connectivity index is 2.00. The van der Waals surface area contributed by atoms with Crippen molar-refractivity contribution in [2.75, 3.05) is 6.61 Å². The van der Waals surface area contributed by atoms with E-state index in [4.69, 9.17) is 4.74 Å². The first-order chi connectivity index (χ1) is 11.0. The maximum absolute atomic E-state index is 12.2. The van der Waals surface area contributed by atoms with Gasteiger partial charge >= 0.3 is 6.09 Å². The summed E-state index contributed by atoms with van der Waals surface area (Å²) in [6.45, 7) is 4.54. The first-order valence-corrected chi connectivity index (χ1v) is 9.38. The van der Waals surface area contributed by atoms with Crippen LogP contribution in [0.1, 0.15) is 50.7 Å². The second-order valence-corrected chi connectivity index (χ2v) is 7.93. The van der Waals surface area contributed by atoms with E-state index in [1.54, 1.807) is 9.18 Å². The van der Waals surface area contributed by atoms with Crippen molar-refractivity contribution in [3.05, 3.63) is 29.3 Å². The summed E-state index contributed by atoms with van der Waals surface area (Å²) in [5.74, 6) is 0.747. The van der Waals surface area contributed by atoms with Gasteiger partial charge in [-0.2, -0.15) is 0 Å². The Morgan fingerprint density at radius 1 is 1.48 bits per heavy atom. The van der Waals surface area contributed by atoms with E-state index in [9.17, 15) is 9.90 Å². The van der Waals surface area contributed by atoms with Gasteiger partial charge in [-0.15, -0.1) is 0 Å². The molecule has 3 rings (SSSR count). The van der Waals surface area contributed by atoms with Crippen LogP contribution in [0.5, 0.6) is 5.75 Å². The van der Waals surface area contributed by atoms with Gasteiger partial charge in [0.2, 0.25) is 0 Å². The number of fused-ring (bicyclic) bond motifs is 3. The molecule has 23 heavy (non-hydrogen) atoms. The number of phenols is 1. The van der Waals surface area contributed by atoms with Crippen LogP contribution in [0.15, 0.2) is 18.2 Å². The first-order valence-electron chi connectivity index (χ1n) is 8.41. The van der Waals surface area contributed by atoms with Gasteiger partial charge in [-0.05, 0) is 60.8 Å². The fourth-order valence-electron chi connectivity index (χ4n) is 4.51. The number of phenolic OH excluding ortho intramolecular Hbond substituents is 1. The molecular formula is C18H24INO3. The number of hydrogen-bond donors (Lipinski definition) is 1. The van der Waals surface area contributed by atoms with Crippen LogP contribution in [0.25, 0.3) is 0 Å². The molecule has 1 amide bonds. The molecule has 0 bridgehead atoms. The van der Waals surface area contributed by atoms with Crippen molar-refractivity contribution in [1.82, 2.24) is 3.11 Å². The number of carbonyl (C=O) groups excluding carboxylic acids is 1. The number of rotatable bonds is 2. The Morgan fingerprint density at radius 2 is 2.26 bits per heavy atom. The maximum atomic E-state index is 12.2. The molecule has 4 nitrogen and oxygen atoms in total. The highest BCUT2D eigenvalue weighted by molar-refractivity contribution is 14.1. The third-order valence-corrected chi connectivity index (χ3v) is 6.72. The summed E-state index contributed by atoms with van der Waals surface area (Å²) in [5.41, 5.74) is 2.54. The SMILES string of the molecule is CCOC(=O)N(I)[C@H]1Cc2ccc(O)cc2[C@]2(C)CCCC[C@H]12. The first kappa shape index (κ1) is 16.9. The van der Waals surface area contributed by atoms with E-state index in [0.29, 0.717) is 18.3 Å². The third-order valence-electron chi connectivity index (χ3n) is 5.62. The standard InChI is InChI=1S/C18H24INO3/c1-3-23-17(22)20(19)16-10-12-7-8-13(21)11-15(12)18(2)9-5-4-6-14(16)18/h7-8,11,14,16,21H,3-6,9-10H2,1-2H3/t14-,16+,18-/m1/s1. The van der Waals surface area contributed by atoms with Crippen molar-refractivity contribution < 1.29 is 14.6 Å². The van der Waals surface area contributed by atoms with Gasteiger partial charge in [0.25, 0.3) is 0 Å². The van der Waals surface area contributed by atoms with Gasteiger partial charge in [0.1, 0.15) is 5.75 Å². The molecule has 1 fully saturated rings. The van der Waals surface area contributed by atoms with E-state index in [1.807, 2.05) is 19.1 Å². The predicted molar refractivity (Wildman–Crippen MR) is 97.8 cm³/mol. The Bertz CT molecular complexity index is 606. The highest BCUT2D eigenvalue weighted by Crippen LogP contribution is 2.52. The molecular weight excluding hydrogens is 405 g/mol. The number of benzene rings is 1. The summed E-state index contributed by atoms with van der Waals surface area (Å²) in [4.78, 5) is 12.2. The number of halogens is 1. The van der Waals surface area contributed by atoms with Crippen LogP contribution in [0.4, 0.5) is 4.79 Å². The monoisotopic (exact) mass is 429 g/mol. The van der Waals surface area contributed by atoms with Crippen molar-refractivity contribution in [3.63, 3.8) is 0 Å². The van der Waals surface area contributed by atoms with E-state index in [2.05, 4.69) is 29.8 Å². The highest BCUT2D eigenvalue weighted by Gasteiger charge is 2.49. The molecule has 1 aromatic rings. The smallest absolute Gasteiger partial charge is 0.418 e. The van der Waals surface area contributed by atoms with Crippen LogP contribution in [-0.4, -0.2) is 27.0 Å². The molecule has 0 aromatic heterocycles.